The zero-order valence-electron chi connectivity index (χ0n) is 12.2. The number of esters is 1. The molecule has 5 nitrogen and oxygen atoms in total. The fraction of sp³-hybridized carbons (Fsp3) is 0. The summed E-state index contributed by atoms with van der Waals surface area (Å²) in [7, 11) is 0. The van der Waals surface area contributed by atoms with Crippen LogP contribution >= 0.6 is 12.2 Å². The Hall–Kier alpha value is -3.06. The molecule has 1 fully saturated rings. The fourth-order valence-corrected chi connectivity index (χ4v) is 2.24. The van der Waals surface area contributed by atoms with Crippen LogP contribution in [0.1, 0.15) is 15.9 Å². The van der Waals surface area contributed by atoms with Gasteiger partial charge in [0.2, 0.25) is 0 Å². The molecule has 0 radical (unpaired) electrons. The Morgan fingerprint density at radius 3 is 2.29 bits per heavy atom. The molecule has 120 valence electrons. The first-order valence-electron chi connectivity index (χ1n) is 6.93. The van der Waals surface area contributed by atoms with Gasteiger partial charge in [0.05, 0.1) is 5.56 Å². The second kappa shape index (κ2) is 6.59. The molecular weight excluding hydrogens is 331 g/mol. The van der Waals surface area contributed by atoms with Crippen LogP contribution in [0.3, 0.4) is 0 Å². The Morgan fingerprint density at radius 2 is 1.71 bits per heavy atom. The van der Waals surface area contributed by atoms with E-state index in [1.165, 1.54) is 24.3 Å². The second-order valence-electron chi connectivity index (χ2n) is 4.93. The number of hydrogen-bond acceptors (Lipinski definition) is 4. The number of carbonyl (C=O) groups excluding carboxylic acids is 2. The van der Waals surface area contributed by atoms with Gasteiger partial charge < -0.3 is 10.1 Å². The number of ether oxygens (including phenoxy) is 1. The molecule has 0 spiro atoms. The summed E-state index contributed by atoms with van der Waals surface area (Å²) in [5, 5.41) is 5.46. The van der Waals surface area contributed by atoms with Gasteiger partial charge in [-0.3, -0.25) is 10.1 Å². The first-order valence-corrected chi connectivity index (χ1v) is 7.34. The zero-order chi connectivity index (χ0) is 17.1. The van der Waals surface area contributed by atoms with Crippen LogP contribution in [0.15, 0.2) is 54.2 Å². The Balaban J connectivity index is 1.69. The molecule has 7 heteroatoms. The summed E-state index contributed by atoms with van der Waals surface area (Å²) >= 11 is 4.85. The van der Waals surface area contributed by atoms with Crippen molar-refractivity contribution in [3.63, 3.8) is 0 Å². The Kier molecular flexibility index (Phi) is 4.35. The summed E-state index contributed by atoms with van der Waals surface area (Å²) in [6.45, 7) is 0. The maximum absolute atomic E-state index is 12.8. The van der Waals surface area contributed by atoms with Gasteiger partial charge in [0, 0.05) is 0 Å². The average molecular weight is 342 g/mol. The summed E-state index contributed by atoms with van der Waals surface area (Å²) in [5.74, 6) is -0.964. The standard InChI is InChI=1S/C17H11FN2O3S/c18-12-5-3-11(4-6-12)16(22)23-13-7-1-10(2-8-13)9-14-15(21)20-17(24)19-14/h1-9H,(H2,19,20,21,24)/b14-9+. The minimum Gasteiger partial charge on any atom is -0.423 e. The van der Waals surface area contributed by atoms with Gasteiger partial charge in [-0.2, -0.15) is 0 Å². The fourth-order valence-electron chi connectivity index (χ4n) is 2.03. The van der Waals surface area contributed by atoms with Crippen LogP contribution in [-0.4, -0.2) is 17.0 Å². The van der Waals surface area contributed by atoms with E-state index in [1.807, 2.05) is 0 Å². The van der Waals surface area contributed by atoms with Crippen molar-refractivity contribution in [2.24, 2.45) is 0 Å². The third kappa shape index (κ3) is 3.64. The molecule has 24 heavy (non-hydrogen) atoms. The number of carbonyl (C=O) groups is 2. The normalized spacial score (nSPS) is 15.1. The average Bonchev–Trinajstić information content (AvgIpc) is 2.87. The van der Waals surface area contributed by atoms with Gasteiger partial charge in [-0.1, -0.05) is 12.1 Å². The van der Waals surface area contributed by atoms with Gasteiger partial charge in [0.1, 0.15) is 17.3 Å². The van der Waals surface area contributed by atoms with Crippen molar-refractivity contribution in [2.45, 2.75) is 0 Å². The molecule has 0 aliphatic carbocycles. The van der Waals surface area contributed by atoms with E-state index in [4.69, 9.17) is 17.0 Å². The highest BCUT2D eigenvalue weighted by molar-refractivity contribution is 7.80. The van der Waals surface area contributed by atoms with Gasteiger partial charge in [-0.05, 0) is 60.3 Å². The molecule has 1 saturated heterocycles. The molecule has 2 aromatic carbocycles. The van der Waals surface area contributed by atoms with E-state index in [9.17, 15) is 14.0 Å². The maximum Gasteiger partial charge on any atom is 0.343 e. The third-order valence-electron chi connectivity index (χ3n) is 3.20. The molecule has 0 unspecified atom stereocenters. The van der Waals surface area contributed by atoms with Crippen LogP contribution in [0.4, 0.5) is 4.39 Å². The van der Waals surface area contributed by atoms with Crippen LogP contribution < -0.4 is 15.4 Å². The largest absolute Gasteiger partial charge is 0.423 e. The summed E-state index contributed by atoms with van der Waals surface area (Å²) in [6.07, 6.45) is 1.63. The summed E-state index contributed by atoms with van der Waals surface area (Å²) in [6, 6.07) is 11.7. The highest BCUT2D eigenvalue weighted by atomic mass is 32.1. The number of hydrogen-bond donors (Lipinski definition) is 2. The van der Waals surface area contributed by atoms with Crippen LogP contribution in [0.5, 0.6) is 5.75 Å². The van der Waals surface area contributed by atoms with Gasteiger partial charge in [0.15, 0.2) is 5.11 Å². The molecule has 2 N–H and O–H groups in total. The smallest absolute Gasteiger partial charge is 0.343 e. The second-order valence-corrected chi connectivity index (χ2v) is 5.34. The number of thiocarbonyl (C=S) groups is 1. The lowest BCUT2D eigenvalue weighted by molar-refractivity contribution is -0.115. The van der Waals surface area contributed by atoms with Crippen LogP contribution in [0.25, 0.3) is 6.08 Å². The van der Waals surface area contributed by atoms with Crippen molar-refractivity contribution in [2.75, 3.05) is 0 Å². The lowest BCUT2D eigenvalue weighted by atomic mass is 10.2. The number of benzene rings is 2. The predicted molar refractivity (Wildman–Crippen MR) is 89.7 cm³/mol. The van der Waals surface area contributed by atoms with E-state index in [2.05, 4.69) is 10.6 Å². The number of halogens is 1. The SMILES string of the molecule is O=C1NC(=S)N/C1=C/c1ccc(OC(=O)c2ccc(F)cc2)cc1. The first-order chi connectivity index (χ1) is 11.5. The van der Waals surface area contributed by atoms with E-state index < -0.39 is 11.8 Å². The highest BCUT2D eigenvalue weighted by Crippen LogP contribution is 2.16. The minimum atomic E-state index is -0.580. The summed E-state index contributed by atoms with van der Waals surface area (Å²) in [4.78, 5) is 23.5. The topological polar surface area (TPSA) is 67.4 Å². The zero-order valence-corrected chi connectivity index (χ0v) is 13.0. The Labute approximate surface area is 142 Å². The van der Waals surface area contributed by atoms with Crippen molar-refractivity contribution < 1.29 is 18.7 Å². The van der Waals surface area contributed by atoms with E-state index in [0.29, 0.717) is 11.4 Å². The molecule has 0 saturated carbocycles. The van der Waals surface area contributed by atoms with Crippen molar-refractivity contribution in [3.05, 3.63) is 71.2 Å². The molecule has 1 aliphatic rings. The molecule has 0 bridgehead atoms. The minimum absolute atomic E-state index is 0.253. The van der Waals surface area contributed by atoms with E-state index in [0.717, 1.165) is 5.56 Å². The predicted octanol–water partition coefficient (Wildman–Crippen LogP) is 2.39. The Morgan fingerprint density at radius 1 is 1.04 bits per heavy atom. The summed E-state index contributed by atoms with van der Waals surface area (Å²) < 4.78 is 18.0. The van der Waals surface area contributed by atoms with Crippen LogP contribution in [0.2, 0.25) is 0 Å². The molecular formula is C17H11FN2O3S. The quantitative estimate of drug-likeness (QED) is 0.388. The van der Waals surface area contributed by atoms with Crippen molar-refractivity contribution in [1.29, 1.82) is 0 Å². The third-order valence-corrected chi connectivity index (χ3v) is 3.41. The van der Waals surface area contributed by atoms with E-state index >= 15 is 0 Å². The van der Waals surface area contributed by atoms with Crippen molar-refractivity contribution in [1.82, 2.24) is 10.6 Å². The Bertz CT molecular complexity index is 845. The lowest BCUT2D eigenvalue weighted by Crippen LogP contribution is -2.21. The van der Waals surface area contributed by atoms with Crippen molar-refractivity contribution in [3.8, 4) is 5.75 Å². The molecule has 3 rings (SSSR count). The van der Waals surface area contributed by atoms with Crippen LogP contribution in [-0.2, 0) is 4.79 Å². The van der Waals surface area contributed by atoms with Gasteiger partial charge >= 0.3 is 5.97 Å². The summed E-state index contributed by atoms with van der Waals surface area (Å²) in [5.41, 5.74) is 1.33. The molecule has 1 amide bonds. The van der Waals surface area contributed by atoms with E-state index in [1.54, 1.807) is 30.3 Å². The van der Waals surface area contributed by atoms with Crippen LogP contribution in [0, 0.1) is 5.82 Å². The lowest BCUT2D eigenvalue weighted by Gasteiger charge is -2.05. The molecule has 2 aromatic rings. The number of nitrogens with one attached hydrogen (secondary N) is 2. The van der Waals surface area contributed by atoms with Gasteiger partial charge in [0.25, 0.3) is 5.91 Å². The molecule has 0 atom stereocenters. The van der Waals surface area contributed by atoms with Crippen molar-refractivity contribution >= 4 is 35.3 Å². The number of amides is 1. The number of rotatable bonds is 3. The first kappa shape index (κ1) is 15.8. The highest BCUT2D eigenvalue weighted by Gasteiger charge is 2.19. The van der Waals surface area contributed by atoms with Gasteiger partial charge in [-0.15, -0.1) is 0 Å². The van der Waals surface area contributed by atoms with E-state index in [-0.39, 0.29) is 16.6 Å². The monoisotopic (exact) mass is 342 g/mol. The molecule has 1 heterocycles. The molecule has 1 aliphatic heterocycles. The molecule has 0 aromatic heterocycles. The van der Waals surface area contributed by atoms with Gasteiger partial charge in [-0.25, -0.2) is 9.18 Å². The maximum atomic E-state index is 12.8.